The molecule has 1 N–H and O–H groups in total. The number of hydrogen-bond acceptors (Lipinski definition) is 3. The Morgan fingerprint density at radius 2 is 1.88 bits per heavy atom. The van der Waals surface area contributed by atoms with Gasteiger partial charge in [-0.2, -0.15) is 0 Å². The summed E-state index contributed by atoms with van der Waals surface area (Å²) in [5.41, 5.74) is -1.62. The summed E-state index contributed by atoms with van der Waals surface area (Å²) >= 11 is 0. The van der Waals surface area contributed by atoms with Crippen LogP contribution >= 0.6 is 0 Å². The zero-order valence-corrected chi connectivity index (χ0v) is 13.9. The van der Waals surface area contributed by atoms with Crippen molar-refractivity contribution in [3.63, 3.8) is 0 Å². The second-order valence-electron chi connectivity index (χ2n) is 6.65. The lowest BCUT2D eigenvalue weighted by molar-refractivity contribution is -0.149. The van der Waals surface area contributed by atoms with Crippen LogP contribution in [0.2, 0.25) is 0 Å². The number of para-hydroxylation sites is 1. The Kier molecular flexibility index (Phi) is 4.93. The van der Waals surface area contributed by atoms with Crippen molar-refractivity contribution in [2.24, 2.45) is 0 Å². The Labute approximate surface area is 148 Å². The van der Waals surface area contributed by atoms with Gasteiger partial charge in [0.05, 0.1) is 6.54 Å². The summed E-state index contributed by atoms with van der Waals surface area (Å²) in [6, 6.07) is 1.80. The van der Waals surface area contributed by atoms with Crippen LogP contribution < -0.4 is 4.74 Å². The van der Waals surface area contributed by atoms with E-state index in [9.17, 15) is 27.9 Å². The molecule has 5 nitrogen and oxygen atoms in total. The molecule has 1 aromatic rings. The number of amides is 1. The number of carboxylic acid groups (broad SMARTS) is 1. The number of benzene rings is 1. The molecule has 1 heterocycles. The van der Waals surface area contributed by atoms with Crippen molar-refractivity contribution in [3.05, 3.63) is 41.7 Å². The second-order valence-corrected chi connectivity index (χ2v) is 6.65. The average Bonchev–Trinajstić information content (AvgIpc) is 3.15. The van der Waals surface area contributed by atoms with Crippen LogP contribution in [0, 0.1) is 11.6 Å². The first-order chi connectivity index (χ1) is 12.3. The van der Waals surface area contributed by atoms with Gasteiger partial charge in [0.1, 0.15) is 17.5 Å². The van der Waals surface area contributed by atoms with Crippen molar-refractivity contribution in [2.75, 3.05) is 6.54 Å². The molecule has 1 atom stereocenters. The molecule has 0 radical (unpaired) electrons. The number of alkyl halides is 1. The fourth-order valence-corrected chi connectivity index (χ4v) is 3.44. The van der Waals surface area contributed by atoms with Crippen LogP contribution in [-0.2, 0) is 9.59 Å². The lowest BCUT2D eigenvalue weighted by Crippen LogP contribution is -2.46. The van der Waals surface area contributed by atoms with Crippen molar-refractivity contribution in [2.45, 2.75) is 43.8 Å². The summed E-state index contributed by atoms with van der Waals surface area (Å²) in [4.78, 5) is 24.7. The summed E-state index contributed by atoms with van der Waals surface area (Å²) in [6.07, 6.45) is 2.53. The zero-order chi connectivity index (χ0) is 18.9. The van der Waals surface area contributed by atoms with Gasteiger partial charge in [0.2, 0.25) is 0 Å². The monoisotopic (exact) mass is 369 g/mol. The number of halogens is 3. The first-order valence-electron chi connectivity index (χ1n) is 8.34. The molecular formula is C18H18F3NO4. The fraction of sp³-hybridized carbons (Fsp3) is 0.444. The van der Waals surface area contributed by atoms with Crippen molar-refractivity contribution in [3.8, 4) is 5.75 Å². The van der Waals surface area contributed by atoms with Gasteiger partial charge in [0.15, 0.2) is 17.4 Å². The predicted octanol–water partition coefficient (Wildman–Crippen LogP) is 3.20. The van der Waals surface area contributed by atoms with E-state index in [1.54, 1.807) is 0 Å². The number of carbonyl (C=O) groups excluding carboxylic acids is 1. The van der Waals surface area contributed by atoms with E-state index in [0.717, 1.165) is 23.1 Å². The molecule has 2 aliphatic rings. The van der Waals surface area contributed by atoms with E-state index in [4.69, 9.17) is 4.74 Å². The first kappa shape index (κ1) is 18.3. The van der Waals surface area contributed by atoms with E-state index < -0.39 is 41.0 Å². The maximum Gasteiger partial charge on any atom is 0.326 e. The van der Waals surface area contributed by atoms with Crippen molar-refractivity contribution < 1.29 is 32.6 Å². The van der Waals surface area contributed by atoms with Crippen LogP contribution in [0.25, 0.3) is 0 Å². The van der Waals surface area contributed by atoms with Crippen LogP contribution in [0.15, 0.2) is 30.0 Å². The molecule has 1 saturated carbocycles. The minimum Gasteiger partial charge on any atom is -0.480 e. The van der Waals surface area contributed by atoms with Gasteiger partial charge < -0.3 is 14.7 Å². The van der Waals surface area contributed by atoms with Gasteiger partial charge >= 0.3 is 5.97 Å². The molecule has 0 aromatic heterocycles. The molecule has 1 amide bonds. The van der Waals surface area contributed by atoms with Gasteiger partial charge in [-0.3, -0.25) is 4.79 Å². The van der Waals surface area contributed by atoms with Gasteiger partial charge in [-0.05, 0) is 25.0 Å². The highest BCUT2D eigenvalue weighted by Crippen LogP contribution is 2.38. The third-order valence-electron chi connectivity index (χ3n) is 4.77. The molecular weight excluding hydrogens is 351 g/mol. The Hall–Kier alpha value is -2.51. The maximum atomic E-state index is 14.7. The highest BCUT2D eigenvalue weighted by atomic mass is 19.1. The average molecular weight is 369 g/mol. The Bertz CT molecular complexity index is 739. The van der Waals surface area contributed by atoms with Crippen molar-refractivity contribution in [1.82, 2.24) is 4.90 Å². The highest BCUT2D eigenvalue weighted by Gasteiger charge is 2.43. The molecule has 1 fully saturated rings. The summed E-state index contributed by atoms with van der Waals surface area (Å²) in [7, 11) is 0. The number of carbonyl (C=O) groups is 2. The van der Waals surface area contributed by atoms with Gasteiger partial charge in [0.25, 0.3) is 5.91 Å². The summed E-state index contributed by atoms with van der Waals surface area (Å²) in [5, 5.41) is 9.45. The molecule has 1 unspecified atom stereocenters. The van der Waals surface area contributed by atoms with E-state index in [1.807, 2.05) is 0 Å². The van der Waals surface area contributed by atoms with E-state index in [0.29, 0.717) is 12.8 Å². The Morgan fingerprint density at radius 1 is 1.27 bits per heavy atom. The van der Waals surface area contributed by atoms with Gasteiger partial charge in [-0.15, -0.1) is 0 Å². The van der Waals surface area contributed by atoms with Crippen LogP contribution in [0.3, 0.4) is 0 Å². The molecule has 140 valence electrons. The molecule has 1 aliphatic carbocycles. The van der Waals surface area contributed by atoms with Crippen LogP contribution in [0.4, 0.5) is 13.2 Å². The molecule has 3 rings (SSSR count). The smallest absolute Gasteiger partial charge is 0.326 e. The van der Waals surface area contributed by atoms with Gasteiger partial charge in [-0.25, -0.2) is 18.0 Å². The fourth-order valence-electron chi connectivity index (χ4n) is 3.44. The quantitative estimate of drug-likeness (QED) is 0.836. The Balaban J connectivity index is 1.74. The van der Waals surface area contributed by atoms with E-state index in [2.05, 4.69) is 0 Å². The highest BCUT2D eigenvalue weighted by molar-refractivity contribution is 5.94. The number of rotatable bonds is 6. The third-order valence-corrected chi connectivity index (χ3v) is 4.77. The Morgan fingerprint density at radius 3 is 2.46 bits per heavy atom. The largest absolute Gasteiger partial charge is 0.480 e. The normalized spacial score (nSPS) is 20.2. The molecule has 0 bridgehead atoms. The third kappa shape index (κ3) is 3.68. The number of nitrogens with zero attached hydrogens (tertiary/aromatic N) is 1. The predicted molar refractivity (Wildman–Crippen MR) is 85.1 cm³/mol. The number of ether oxygens (including phenoxy) is 1. The zero-order valence-electron chi connectivity index (χ0n) is 13.9. The second kappa shape index (κ2) is 7.01. The lowest BCUT2D eigenvalue weighted by Gasteiger charge is -2.29. The van der Waals surface area contributed by atoms with E-state index in [-0.39, 0.29) is 31.6 Å². The SMILES string of the molecule is O=C(O)C(CC1(F)CCCC1)N1CC(Oc2c(F)cccc2F)=CC1=O. The molecule has 0 spiro atoms. The number of aliphatic carboxylic acids is 1. The molecule has 8 heteroatoms. The first-order valence-corrected chi connectivity index (χ1v) is 8.34. The molecule has 1 aliphatic heterocycles. The standard InChI is InChI=1S/C18H18F3NO4/c19-12-4-3-5-13(20)16(12)26-11-8-15(23)22(10-11)14(17(24)25)9-18(21)6-1-2-7-18/h3-5,8,14H,1-2,6-7,9-10H2,(H,24,25). The topological polar surface area (TPSA) is 66.8 Å². The summed E-state index contributed by atoms with van der Waals surface area (Å²) in [6.45, 7) is -0.292. The van der Waals surface area contributed by atoms with Gasteiger partial charge in [0, 0.05) is 12.5 Å². The minimum absolute atomic E-state index is 0.0930. The van der Waals surface area contributed by atoms with Crippen molar-refractivity contribution >= 4 is 11.9 Å². The van der Waals surface area contributed by atoms with E-state index >= 15 is 0 Å². The lowest BCUT2D eigenvalue weighted by atomic mass is 9.94. The summed E-state index contributed by atoms with van der Waals surface area (Å²) < 4.78 is 47.2. The number of carboxylic acids is 1. The van der Waals surface area contributed by atoms with Crippen molar-refractivity contribution in [1.29, 1.82) is 0 Å². The summed E-state index contributed by atoms with van der Waals surface area (Å²) in [5.74, 6) is -4.66. The molecule has 26 heavy (non-hydrogen) atoms. The molecule has 0 saturated heterocycles. The van der Waals surface area contributed by atoms with Gasteiger partial charge in [-0.1, -0.05) is 18.9 Å². The minimum atomic E-state index is -1.62. The number of hydrogen-bond donors (Lipinski definition) is 1. The van der Waals surface area contributed by atoms with Crippen LogP contribution in [0.5, 0.6) is 5.75 Å². The van der Waals surface area contributed by atoms with E-state index in [1.165, 1.54) is 6.07 Å². The molecule has 1 aromatic carbocycles. The van der Waals surface area contributed by atoms with Crippen LogP contribution in [-0.4, -0.2) is 40.1 Å². The van der Waals surface area contributed by atoms with Crippen LogP contribution in [0.1, 0.15) is 32.1 Å². The maximum absolute atomic E-state index is 14.7.